The van der Waals surface area contributed by atoms with Gasteiger partial charge in [-0.1, -0.05) is 110 Å². The molecule has 3 aromatic carbocycles. The van der Waals surface area contributed by atoms with Crippen molar-refractivity contribution >= 4 is 35.5 Å². The minimum Gasteiger partial charge on any atom is -0.407 e. The van der Waals surface area contributed by atoms with Gasteiger partial charge in [-0.3, -0.25) is 4.57 Å². The van der Waals surface area contributed by atoms with Crippen molar-refractivity contribution in [2.24, 2.45) is 5.16 Å². The summed E-state index contributed by atoms with van der Waals surface area (Å²) < 4.78 is 18.5. The van der Waals surface area contributed by atoms with Gasteiger partial charge in [-0.25, -0.2) is 9.78 Å². The molecule has 0 amide bonds. The highest BCUT2D eigenvalue weighted by atomic mass is 32.1. The van der Waals surface area contributed by atoms with Crippen molar-refractivity contribution in [3.05, 3.63) is 119 Å². The lowest BCUT2D eigenvalue weighted by Crippen LogP contribution is -2.32. The molecule has 0 aliphatic carbocycles. The average molecular weight is 534 g/mol. The third-order valence-electron chi connectivity index (χ3n) is 5.99. The fraction of sp³-hybridized carbons (Fsp3) is 0.179. The first-order valence-corrected chi connectivity index (χ1v) is 14.8. The van der Waals surface area contributed by atoms with Crippen LogP contribution in [0, 0.1) is 0 Å². The van der Waals surface area contributed by atoms with Crippen LogP contribution in [0.5, 0.6) is 0 Å². The number of carbonyl (C=O) groups excluding carboxylic acids is 1. The summed E-state index contributed by atoms with van der Waals surface area (Å²) in [6.45, 7) is 3.44. The summed E-state index contributed by atoms with van der Waals surface area (Å²) in [5.41, 5.74) is 7.03. The summed E-state index contributed by atoms with van der Waals surface area (Å²) >= 11 is 1.16. The molecule has 0 aliphatic heterocycles. The molecule has 7 nitrogen and oxygen atoms in total. The van der Waals surface area contributed by atoms with Crippen LogP contribution in [-0.2, 0) is 24.3 Å². The first-order valence-electron chi connectivity index (χ1n) is 11.9. The van der Waals surface area contributed by atoms with Gasteiger partial charge in [-0.2, -0.15) is 0 Å². The summed E-state index contributed by atoms with van der Waals surface area (Å²) in [4.78, 5) is 24.0. The highest BCUT2D eigenvalue weighted by molar-refractivity contribution is 7.59. The van der Waals surface area contributed by atoms with E-state index in [4.69, 9.17) is 15.1 Å². The minimum atomic E-state index is -3.18. The predicted octanol–water partition coefficient (Wildman–Crippen LogP) is 6.30. The molecule has 0 radical (unpaired) electrons. The molecule has 0 bridgehead atoms. The number of hydrogen-bond acceptors (Lipinski definition) is 8. The number of thiazole rings is 1. The van der Waals surface area contributed by atoms with Gasteiger partial charge < -0.3 is 15.1 Å². The first-order chi connectivity index (χ1) is 17.9. The van der Waals surface area contributed by atoms with Gasteiger partial charge in [0.2, 0.25) is 11.3 Å². The number of carbonyl (C=O) groups is 1. The van der Waals surface area contributed by atoms with Gasteiger partial charge >= 0.3 is 5.97 Å². The van der Waals surface area contributed by atoms with E-state index in [9.17, 15) is 9.36 Å². The van der Waals surface area contributed by atoms with Crippen LogP contribution >= 0.6 is 18.7 Å². The number of aromatic nitrogens is 1. The fourth-order valence-corrected chi connectivity index (χ4v) is 5.56. The van der Waals surface area contributed by atoms with Crippen LogP contribution in [0.15, 0.2) is 102 Å². The van der Waals surface area contributed by atoms with Crippen molar-refractivity contribution < 1.29 is 18.7 Å². The highest BCUT2D eigenvalue weighted by Gasteiger charge is 2.40. The van der Waals surface area contributed by atoms with E-state index in [1.165, 1.54) is 0 Å². The van der Waals surface area contributed by atoms with Crippen LogP contribution < -0.4 is 5.73 Å². The quantitative estimate of drug-likeness (QED) is 0.111. The standard InChI is InChI=1S/C28H28N3O4PS/c1-3-36(33,4-2)34-26(32)25(24-20-37-27(29)30-24)31-35-28(21-14-8-5-9-15-21,22-16-10-6-11-17-22)23-18-12-7-13-19-23/h5-20H,3-4H2,1-2H3,(H2,29,30)/b31-25-. The first kappa shape index (κ1) is 26.3. The maximum atomic E-state index is 13.3. The van der Waals surface area contributed by atoms with E-state index in [0.717, 1.165) is 28.0 Å². The Bertz CT molecular complexity index is 1300. The van der Waals surface area contributed by atoms with Gasteiger partial charge in [0, 0.05) is 34.4 Å². The Morgan fingerprint density at radius 3 is 1.73 bits per heavy atom. The second-order valence-electron chi connectivity index (χ2n) is 8.21. The topological polar surface area (TPSA) is 104 Å². The number of nitrogens with two attached hydrogens (primary N) is 1. The Kier molecular flexibility index (Phi) is 8.21. The molecule has 1 aromatic heterocycles. The number of oxime groups is 1. The van der Waals surface area contributed by atoms with Crippen molar-refractivity contribution in [3.63, 3.8) is 0 Å². The summed E-state index contributed by atoms with van der Waals surface area (Å²) in [5, 5.41) is 6.22. The van der Waals surface area contributed by atoms with Gasteiger partial charge in [-0.05, 0) is 0 Å². The lowest BCUT2D eigenvalue weighted by molar-refractivity contribution is -0.127. The lowest BCUT2D eigenvalue weighted by Gasteiger charge is -2.33. The van der Waals surface area contributed by atoms with Gasteiger partial charge in [0.15, 0.2) is 5.13 Å². The molecule has 0 saturated carbocycles. The minimum absolute atomic E-state index is 0.189. The number of nitrogen functional groups attached to an aromatic ring is 1. The Morgan fingerprint density at radius 2 is 1.35 bits per heavy atom. The van der Waals surface area contributed by atoms with Crippen molar-refractivity contribution in [1.29, 1.82) is 0 Å². The largest absolute Gasteiger partial charge is 0.407 e. The van der Waals surface area contributed by atoms with Crippen molar-refractivity contribution in [2.45, 2.75) is 19.4 Å². The van der Waals surface area contributed by atoms with E-state index in [1.54, 1.807) is 19.2 Å². The van der Waals surface area contributed by atoms with Crippen LogP contribution in [0.3, 0.4) is 0 Å². The molecule has 0 atom stereocenters. The van der Waals surface area contributed by atoms with Crippen LogP contribution in [-0.4, -0.2) is 29.0 Å². The molecule has 190 valence electrons. The number of anilines is 1. The van der Waals surface area contributed by atoms with Crippen LogP contribution in [0.1, 0.15) is 36.2 Å². The zero-order valence-electron chi connectivity index (χ0n) is 20.6. The maximum Gasteiger partial charge on any atom is 0.367 e. The van der Waals surface area contributed by atoms with Gasteiger partial charge in [-0.15, -0.1) is 11.3 Å². The monoisotopic (exact) mass is 533 g/mol. The number of benzene rings is 3. The molecular formula is C28H28N3O4PS. The van der Waals surface area contributed by atoms with Gasteiger partial charge in [0.05, 0.1) is 0 Å². The molecule has 37 heavy (non-hydrogen) atoms. The molecule has 1 heterocycles. The summed E-state index contributed by atoms with van der Waals surface area (Å²) in [6.07, 6.45) is 0.426. The zero-order chi connectivity index (χ0) is 26.3. The number of rotatable bonds is 10. The number of hydrogen-bond donors (Lipinski definition) is 1. The molecule has 0 fully saturated rings. The maximum absolute atomic E-state index is 13.3. The number of nitrogens with zero attached hydrogens (tertiary/aromatic N) is 2. The third kappa shape index (κ3) is 5.66. The van der Waals surface area contributed by atoms with E-state index in [-0.39, 0.29) is 28.9 Å². The Morgan fingerprint density at radius 1 is 0.892 bits per heavy atom. The summed E-state index contributed by atoms with van der Waals surface area (Å²) in [7, 11) is -3.18. The van der Waals surface area contributed by atoms with Crippen LogP contribution in [0.4, 0.5) is 5.13 Å². The third-order valence-corrected chi connectivity index (χ3v) is 9.09. The van der Waals surface area contributed by atoms with E-state index in [0.29, 0.717) is 0 Å². The predicted molar refractivity (Wildman–Crippen MR) is 148 cm³/mol. The molecule has 0 aliphatic rings. The molecule has 4 aromatic rings. The van der Waals surface area contributed by atoms with Gasteiger partial charge in [0.25, 0.3) is 7.37 Å². The van der Waals surface area contributed by atoms with Gasteiger partial charge in [0.1, 0.15) is 5.69 Å². The Hall–Kier alpha value is -3.74. The molecule has 0 unspecified atom stereocenters. The van der Waals surface area contributed by atoms with E-state index in [2.05, 4.69) is 10.1 Å². The van der Waals surface area contributed by atoms with Crippen LogP contribution in [0.25, 0.3) is 0 Å². The summed E-state index contributed by atoms with van der Waals surface area (Å²) in [5.74, 6) is -0.875. The van der Waals surface area contributed by atoms with E-state index >= 15 is 0 Å². The molecule has 0 saturated heterocycles. The second kappa shape index (κ2) is 11.5. The Labute approximate surface area is 220 Å². The van der Waals surface area contributed by atoms with E-state index in [1.807, 2.05) is 91.0 Å². The Balaban J connectivity index is 1.91. The van der Waals surface area contributed by atoms with Crippen molar-refractivity contribution in [3.8, 4) is 0 Å². The SMILES string of the molecule is CCP(=O)(CC)OC(=O)/C(=N\OC(c1ccccc1)(c1ccccc1)c1ccccc1)c1csc(N)n1. The van der Waals surface area contributed by atoms with Crippen LogP contribution in [0.2, 0.25) is 0 Å². The average Bonchev–Trinajstić information content (AvgIpc) is 3.38. The molecule has 0 spiro atoms. The van der Waals surface area contributed by atoms with Crippen molar-refractivity contribution in [1.82, 2.24) is 4.98 Å². The molecule has 4 rings (SSSR count). The molecule has 9 heteroatoms. The lowest BCUT2D eigenvalue weighted by atomic mass is 9.80. The zero-order valence-corrected chi connectivity index (χ0v) is 22.3. The van der Waals surface area contributed by atoms with E-state index < -0.39 is 18.9 Å². The molecule has 2 N–H and O–H groups in total. The smallest absolute Gasteiger partial charge is 0.367 e. The normalized spacial score (nSPS) is 12.2. The second-order valence-corrected chi connectivity index (χ2v) is 12.2. The highest BCUT2D eigenvalue weighted by Crippen LogP contribution is 2.46. The van der Waals surface area contributed by atoms with Crippen molar-refractivity contribution in [2.75, 3.05) is 18.1 Å². The molecular weight excluding hydrogens is 505 g/mol. The summed E-state index contributed by atoms with van der Waals surface area (Å²) in [6, 6.07) is 28.9. The fourth-order valence-electron chi connectivity index (χ4n) is 3.92.